The molecule has 0 bridgehead atoms. The Labute approximate surface area is 109 Å². The van der Waals surface area contributed by atoms with Gasteiger partial charge in [0.2, 0.25) is 0 Å². The van der Waals surface area contributed by atoms with Gasteiger partial charge in [0.1, 0.15) is 0 Å². The fourth-order valence-electron chi connectivity index (χ4n) is 2.39. The van der Waals surface area contributed by atoms with Gasteiger partial charge in [0.15, 0.2) is 0 Å². The summed E-state index contributed by atoms with van der Waals surface area (Å²) >= 11 is 0. The number of pyridine rings is 1. The largest absolute Gasteiger partial charge is 0.310 e. The van der Waals surface area contributed by atoms with Crippen LogP contribution in [-0.2, 0) is 0 Å². The van der Waals surface area contributed by atoms with E-state index in [2.05, 4.69) is 62.3 Å². The van der Waals surface area contributed by atoms with Crippen molar-refractivity contribution in [1.29, 1.82) is 0 Å². The standard InChI is InChI=1S/C16H22N2/c1-5-17-15(16(2,3)4)13-9-8-12-7-6-10-18-14(12)11-13/h6-11,15,17H,5H2,1-4H3. The van der Waals surface area contributed by atoms with E-state index in [0.717, 1.165) is 12.1 Å². The average Bonchev–Trinajstić information content (AvgIpc) is 2.34. The average molecular weight is 242 g/mol. The second kappa shape index (κ2) is 5.07. The van der Waals surface area contributed by atoms with E-state index in [1.807, 2.05) is 12.3 Å². The lowest BCUT2D eigenvalue weighted by Gasteiger charge is -2.32. The molecule has 0 saturated carbocycles. The number of benzene rings is 1. The Kier molecular flexibility index (Phi) is 3.67. The summed E-state index contributed by atoms with van der Waals surface area (Å²) in [6.07, 6.45) is 1.85. The molecule has 2 aromatic rings. The van der Waals surface area contributed by atoms with E-state index in [1.165, 1.54) is 10.9 Å². The molecule has 0 aliphatic rings. The van der Waals surface area contributed by atoms with E-state index in [9.17, 15) is 0 Å². The molecule has 1 heterocycles. The second-order valence-electron chi connectivity index (χ2n) is 5.81. The predicted octanol–water partition coefficient (Wildman–Crippen LogP) is 3.93. The number of nitrogens with one attached hydrogen (secondary N) is 1. The zero-order valence-electron chi connectivity index (χ0n) is 11.7. The van der Waals surface area contributed by atoms with Gasteiger partial charge < -0.3 is 5.32 Å². The highest BCUT2D eigenvalue weighted by atomic mass is 14.9. The molecule has 1 aromatic heterocycles. The highest BCUT2D eigenvalue weighted by Gasteiger charge is 2.25. The van der Waals surface area contributed by atoms with Gasteiger partial charge in [0.25, 0.3) is 0 Å². The van der Waals surface area contributed by atoms with Gasteiger partial charge in [-0.1, -0.05) is 45.9 Å². The summed E-state index contributed by atoms with van der Waals surface area (Å²) in [5, 5.41) is 4.78. The lowest BCUT2D eigenvalue weighted by molar-refractivity contribution is 0.277. The second-order valence-corrected chi connectivity index (χ2v) is 5.81. The van der Waals surface area contributed by atoms with Crippen LogP contribution >= 0.6 is 0 Å². The Bertz CT molecular complexity index is 526. The third-order valence-corrected chi connectivity index (χ3v) is 3.24. The Balaban J connectivity index is 2.44. The van der Waals surface area contributed by atoms with Crippen LogP contribution in [0, 0.1) is 5.41 Å². The van der Waals surface area contributed by atoms with Crippen LogP contribution in [-0.4, -0.2) is 11.5 Å². The summed E-state index contributed by atoms with van der Waals surface area (Å²) < 4.78 is 0. The molecule has 0 amide bonds. The van der Waals surface area contributed by atoms with Crippen LogP contribution in [0.3, 0.4) is 0 Å². The first kappa shape index (κ1) is 13.0. The van der Waals surface area contributed by atoms with Gasteiger partial charge in [-0.15, -0.1) is 0 Å². The van der Waals surface area contributed by atoms with Gasteiger partial charge in [-0.2, -0.15) is 0 Å². The Morgan fingerprint density at radius 2 is 2.00 bits per heavy atom. The highest BCUT2D eigenvalue weighted by Crippen LogP contribution is 2.33. The highest BCUT2D eigenvalue weighted by molar-refractivity contribution is 5.79. The first-order valence-electron chi connectivity index (χ1n) is 6.60. The maximum Gasteiger partial charge on any atom is 0.0705 e. The summed E-state index contributed by atoms with van der Waals surface area (Å²) in [6, 6.07) is 11.0. The summed E-state index contributed by atoms with van der Waals surface area (Å²) in [5.41, 5.74) is 2.58. The molecule has 0 fully saturated rings. The molecular formula is C16H22N2. The quantitative estimate of drug-likeness (QED) is 0.882. The monoisotopic (exact) mass is 242 g/mol. The minimum Gasteiger partial charge on any atom is -0.310 e. The fourth-order valence-corrected chi connectivity index (χ4v) is 2.39. The lowest BCUT2D eigenvalue weighted by atomic mass is 9.82. The molecule has 1 N–H and O–H groups in total. The number of nitrogens with zero attached hydrogens (tertiary/aromatic N) is 1. The van der Waals surface area contributed by atoms with Gasteiger partial charge in [0, 0.05) is 17.6 Å². The lowest BCUT2D eigenvalue weighted by Crippen LogP contribution is -2.32. The maximum atomic E-state index is 4.44. The molecule has 0 aliphatic heterocycles. The van der Waals surface area contributed by atoms with Crippen LogP contribution in [0.2, 0.25) is 0 Å². The molecule has 1 unspecified atom stereocenters. The minimum atomic E-state index is 0.193. The normalized spacial score (nSPS) is 13.8. The van der Waals surface area contributed by atoms with Crippen molar-refractivity contribution in [3.05, 3.63) is 42.1 Å². The molecule has 1 aromatic carbocycles. The van der Waals surface area contributed by atoms with Crippen LogP contribution in [0.15, 0.2) is 36.5 Å². The van der Waals surface area contributed by atoms with Crippen LogP contribution < -0.4 is 5.32 Å². The van der Waals surface area contributed by atoms with Crippen LogP contribution in [0.5, 0.6) is 0 Å². The molecule has 1 atom stereocenters. The molecular weight excluding hydrogens is 220 g/mol. The topological polar surface area (TPSA) is 24.9 Å². The zero-order valence-corrected chi connectivity index (χ0v) is 11.7. The van der Waals surface area contributed by atoms with Crippen LogP contribution in [0.25, 0.3) is 10.9 Å². The summed E-state index contributed by atoms with van der Waals surface area (Å²) in [4.78, 5) is 4.44. The van der Waals surface area contributed by atoms with Crippen molar-refractivity contribution >= 4 is 10.9 Å². The zero-order chi connectivity index (χ0) is 13.2. The first-order chi connectivity index (χ1) is 8.52. The van der Waals surface area contributed by atoms with E-state index in [4.69, 9.17) is 0 Å². The fraction of sp³-hybridized carbons (Fsp3) is 0.438. The van der Waals surface area contributed by atoms with Gasteiger partial charge in [-0.3, -0.25) is 4.98 Å². The van der Waals surface area contributed by atoms with Gasteiger partial charge >= 0.3 is 0 Å². The van der Waals surface area contributed by atoms with Crippen molar-refractivity contribution < 1.29 is 0 Å². The van der Waals surface area contributed by atoms with Gasteiger partial charge in [-0.25, -0.2) is 0 Å². The van der Waals surface area contributed by atoms with E-state index < -0.39 is 0 Å². The third kappa shape index (κ3) is 2.70. The van der Waals surface area contributed by atoms with Crippen molar-refractivity contribution in [2.45, 2.75) is 33.7 Å². The van der Waals surface area contributed by atoms with E-state index in [0.29, 0.717) is 6.04 Å². The van der Waals surface area contributed by atoms with Crippen molar-refractivity contribution in [3.63, 3.8) is 0 Å². The Hall–Kier alpha value is -1.41. The Morgan fingerprint density at radius 1 is 1.22 bits per heavy atom. The van der Waals surface area contributed by atoms with Crippen molar-refractivity contribution in [2.75, 3.05) is 6.54 Å². The maximum absolute atomic E-state index is 4.44. The van der Waals surface area contributed by atoms with Gasteiger partial charge in [0.05, 0.1) is 5.52 Å². The first-order valence-corrected chi connectivity index (χ1v) is 6.60. The van der Waals surface area contributed by atoms with Crippen molar-refractivity contribution in [3.8, 4) is 0 Å². The number of fused-ring (bicyclic) bond motifs is 1. The van der Waals surface area contributed by atoms with E-state index in [1.54, 1.807) is 0 Å². The molecule has 0 aliphatic carbocycles. The molecule has 2 rings (SSSR count). The predicted molar refractivity (Wildman–Crippen MR) is 77.6 cm³/mol. The van der Waals surface area contributed by atoms with E-state index in [-0.39, 0.29) is 5.41 Å². The van der Waals surface area contributed by atoms with Gasteiger partial charge in [-0.05, 0) is 29.7 Å². The minimum absolute atomic E-state index is 0.193. The smallest absolute Gasteiger partial charge is 0.0705 e. The van der Waals surface area contributed by atoms with Crippen molar-refractivity contribution in [1.82, 2.24) is 10.3 Å². The third-order valence-electron chi connectivity index (χ3n) is 3.24. The summed E-state index contributed by atoms with van der Waals surface area (Å²) in [7, 11) is 0. The van der Waals surface area contributed by atoms with E-state index >= 15 is 0 Å². The number of aromatic nitrogens is 1. The SMILES string of the molecule is CCNC(c1ccc2cccnc2c1)C(C)(C)C. The Morgan fingerprint density at radius 3 is 2.67 bits per heavy atom. The molecule has 0 radical (unpaired) electrons. The molecule has 2 heteroatoms. The number of hydrogen-bond donors (Lipinski definition) is 1. The van der Waals surface area contributed by atoms with Crippen molar-refractivity contribution in [2.24, 2.45) is 5.41 Å². The molecule has 96 valence electrons. The molecule has 0 spiro atoms. The number of hydrogen-bond acceptors (Lipinski definition) is 2. The molecule has 18 heavy (non-hydrogen) atoms. The van der Waals surface area contributed by atoms with Crippen LogP contribution in [0.4, 0.5) is 0 Å². The molecule has 2 nitrogen and oxygen atoms in total. The number of rotatable bonds is 3. The molecule has 0 saturated heterocycles. The van der Waals surface area contributed by atoms with Crippen LogP contribution in [0.1, 0.15) is 39.3 Å². The summed E-state index contributed by atoms with van der Waals surface area (Å²) in [6.45, 7) is 9.93. The summed E-state index contributed by atoms with van der Waals surface area (Å²) in [5.74, 6) is 0.